The summed E-state index contributed by atoms with van der Waals surface area (Å²) in [5.74, 6) is 0. The summed E-state index contributed by atoms with van der Waals surface area (Å²) in [6.45, 7) is 0. The van der Waals surface area contributed by atoms with Gasteiger partial charge in [0.15, 0.2) is 0 Å². The molecule has 0 aliphatic heterocycles. The summed E-state index contributed by atoms with van der Waals surface area (Å²) < 4.78 is 0. The first-order valence-electron chi connectivity index (χ1n) is 0.612. The molecule has 0 N–H and O–H groups in total. The fourth-order valence-corrected chi connectivity index (χ4v) is 0. The maximum absolute atomic E-state index is 8.33. The first-order chi connectivity index (χ1) is 1.73. The normalized spacial score (nSPS) is 2.67. The Kier molecular flexibility index (Phi) is 123. The van der Waals surface area contributed by atoms with E-state index in [2.05, 4.69) is 0 Å². The molecule has 0 unspecified atom stereocenters. The molecule has 0 fully saturated rings. The zero-order valence-electron chi connectivity index (χ0n) is 4.36. The van der Waals surface area contributed by atoms with E-state index in [0.717, 1.165) is 0 Å². The van der Waals surface area contributed by atoms with E-state index >= 15 is 0 Å². The number of carbonyl (C=O) groups excluding carboxylic acids is 1. The van der Waals surface area contributed by atoms with Crippen molar-refractivity contribution in [2.45, 2.75) is 0 Å². The molecule has 0 aromatic carbocycles. The van der Waals surface area contributed by atoms with Crippen LogP contribution in [0.15, 0.2) is 0 Å². The van der Waals surface area contributed by atoms with Gasteiger partial charge < -0.3 is 15.0 Å². The van der Waals surface area contributed by atoms with Crippen LogP contribution < -0.4 is 10.2 Å². The van der Waals surface area contributed by atoms with E-state index in [4.69, 9.17) is 15.0 Å². The van der Waals surface area contributed by atoms with E-state index in [1.165, 1.54) is 0 Å². The van der Waals surface area contributed by atoms with Crippen molar-refractivity contribution in [3.05, 3.63) is 0 Å². The third-order valence-electron chi connectivity index (χ3n) is 0. The van der Waals surface area contributed by atoms with Crippen molar-refractivity contribution < 1.29 is 150 Å². The number of hydrogen-bond acceptors (Lipinski definition) is 3. The second-order valence-electron chi connectivity index (χ2n) is 0.250. The largest absolute Gasteiger partial charge is 3.00 e. The Balaban J connectivity index is -0.00000000450. The molecule has 0 saturated carbocycles. The van der Waals surface area contributed by atoms with Gasteiger partial charge in [-0.1, -0.05) is 0 Å². The van der Waals surface area contributed by atoms with E-state index in [0.29, 0.717) is 0 Å². The summed E-state index contributed by atoms with van der Waals surface area (Å²) >= 11 is 0. The Morgan fingerprint density at radius 2 is 1.22 bits per heavy atom. The van der Waals surface area contributed by atoms with Gasteiger partial charge in [0.1, 0.15) is 0 Å². The van der Waals surface area contributed by atoms with Gasteiger partial charge in [-0.15, -0.1) is 0 Å². The van der Waals surface area contributed by atoms with Crippen LogP contribution in [0.4, 0.5) is 4.79 Å². The zero-order chi connectivity index (χ0) is 3.58. The van der Waals surface area contributed by atoms with Gasteiger partial charge in [0, 0.05) is 0 Å². The molecule has 2 radical (unpaired) electrons. The Morgan fingerprint density at radius 1 is 1.22 bits per heavy atom. The van der Waals surface area contributed by atoms with Crippen LogP contribution in [-0.4, -0.2) is 29.2 Å². The SMILES string of the molecule is O=C([O-])[O-].[Ce+3].[Fe+2].[La+3].[Mg+2].[Nd+3]. The summed E-state index contributed by atoms with van der Waals surface area (Å²) in [5, 5.41) is 16.7. The molecule has 0 saturated heterocycles. The number of rotatable bonds is 0. The minimum atomic E-state index is -2.33. The van der Waals surface area contributed by atoms with Crippen LogP contribution in [0.1, 0.15) is 0 Å². The molecule has 0 aromatic rings. The second-order valence-corrected chi connectivity index (χ2v) is 0.250. The maximum atomic E-state index is 8.33. The van der Waals surface area contributed by atoms with Gasteiger partial charge in [-0.2, -0.15) is 0 Å². The molecule has 0 bridgehead atoms. The summed E-state index contributed by atoms with van der Waals surface area (Å²) in [6.07, 6.45) is -2.33. The van der Waals surface area contributed by atoms with E-state index < -0.39 is 6.16 Å². The quantitative estimate of drug-likeness (QED) is 0.299. The van der Waals surface area contributed by atoms with E-state index in [1.54, 1.807) is 0 Å². The van der Waals surface area contributed by atoms with Crippen LogP contribution in [0.3, 0.4) is 0 Å². The van der Waals surface area contributed by atoms with Crippen LogP contribution in [0, 0.1) is 118 Å². The van der Waals surface area contributed by atoms with Crippen molar-refractivity contribution in [3.63, 3.8) is 0 Å². The van der Waals surface area contributed by atoms with Gasteiger partial charge in [0.05, 0.1) is 0 Å². The number of hydrogen-bond donors (Lipinski definition) is 0. The summed E-state index contributed by atoms with van der Waals surface area (Å²) in [7, 11) is 0. The predicted molar refractivity (Wildman–Crippen MR) is 11.1 cm³/mol. The van der Waals surface area contributed by atoms with Gasteiger partial charge >= 0.3 is 158 Å². The van der Waals surface area contributed by atoms with Gasteiger partial charge in [0.25, 0.3) is 0 Å². The Hall–Kier alpha value is 4.48. The van der Waals surface area contributed by atoms with Crippen molar-refractivity contribution in [2.24, 2.45) is 0 Å². The Labute approximate surface area is 174 Å². The van der Waals surface area contributed by atoms with Gasteiger partial charge in [-0.25, -0.2) is 0 Å². The monoisotopic (exact) mass is 561 g/mol. The first kappa shape index (κ1) is 37.5. The zero-order valence-corrected chi connectivity index (χ0v) is 16.9. The van der Waals surface area contributed by atoms with E-state index in [-0.39, 0.29) is 158 Å². The van der Waals surface area contributed by atoms with Crippen LogP contribution in [-0.2, 0) is 17.1 Å². The average molecular weight is 563 g/mol. The minimum absolute atomic E-state index is 0. The minimum Gasteiger partial charge on any atom is -0.652 e. The third-order valence-corrected chi connectivity index (χ3v) is 0. The number of carbonyl (C=O) groups is 1. The molecule has 0 rings (SSSR count). The molecular weight excluding hydrogens is 563 g/mol. The van der Waals surface area contributed by atoms with E-state index in [1.807, 2.05) is 0 Å². The molecule has 9 heavy (non-hydrogen) atoms. The van der Waals surface area contributed by atoms with Crippen LogP contribution in [0.2, 0.25) is 0 Å². The topological polar surface area (TPSA) is 63.2 Å². The van der Waals surface area contributed by atoms with Gasteiger partial charge in [-0.05, 0) is 6.16 Å². The Bertz CT molecular complexity index is 46.8. The summed E-state index contributed by atoms with van der Waals surface area (Å²) in [5.41, 5.74) is 0. The Morgan fingerprint density at radius 3 is 1.22 bits per heavy atom. The number of carboxylic acid groups (broad SMARTS) is 2. The average Bonchev–Trinajstić information content (AvgIpc) is 0.811. The van der Waals surface area contributed by atoms with Crippen molar-refractivity contribution in [3.8, 4) is 0 Å². The standard InChI is InChI=1S/CH2O3.Ce.Fe.La.Mg.Nd/c2-1(3)4;;;;;/h(H2,2,3,4);;;;;/q;+3;+2;+3;+2;+3/p-2. The molecule has 0 aliphatic rings. The first-order valence-corrected chi connectivity index (χ1v) is 0.612. The summed E-state index contributed by atoms with van der Waals surface area (Å²) in [4.78, 5) is 8.33. The van der Waals surface area contributed by atoms with E-state index in [9.17, 15) is 0 Å². The van der Waals surface area contributed by atoms with Crippen molar-refractivity contribution in [2.75, 3.05) is 0 Å². The molecule has 0 heterocycles. The summed E-state index contributed by atoms with van der Waals surface area (Å²) in [6, 6.07) is 0. The third kappa shape index (κ3) is 68.3. The molecule has 0 aliphatic carbocycles. The molecule has 0 aromatic heterocycles. The van der Waals surface area contributed by atoms with Crippen LogP contribution in [0.25, 0.3) is 0 Å². The van der Waals surface area contributed by atoms with Crippen molar-refractivity contribution >= 4 is 29.2 Å². The molecule has 0 spiro atoms. The van der Waals surface area contributed by atoms with Crippen molar-refractivity contribution in [1.82, 2.24) is 0 Å². The molecule has 3 nitrogen and oxygen atoms in total. The second kappa shape index (κ2) is 29.4. The fraction of sp³-hybridized carbons (Fsp3) is 0. The molecule has 0 atom stereocenters. The van der Waals surface area contributed by atoms with Crippen LogP contribution in [0.5, 0.6) is 0 Å². The molecule has 0 amide bonds. The van der Waals surface area contributed by atoms with Gasteiger partial charge in [-0.3, -0.25) is 0 Å². The molecule has 32 valence electrons. The predicted octanol–water partition coefficient (Wildman–Crippen LogP) is -2.83. The van der Waals surface area contributed by atoms with Gasteiger partial charge in [0.2, 0.25) is 0 Å². The molecule has 8 heteroatoms. The van der Waals surface area contributed by atoms with Crippen LogP contribution >= 0.6 is 0 Å². The molecular formula is CCeFeLaMgNdO3+11. The fourth-order valence-electron chi connectivity index (χ4n) is 0. The maximum Gasteiger partial charge on any atom is 3.00 e. The smallest absolute Gasteiger partial charge is 0.652 e. The van der Waals surface area contributed by atoms with Crippen molar-refractivity contribution in [1.29, 1.82) is 0 Å².